The van der Waals surface area contributed by atoms with Gasteiger partial charge in [-0.3, -0.25) is 0 Å². The van der Waals surface area contributed by atoms with Crippen LogP contribution in [-0.4, -0.2) is 38.5 Å². The van der Waals surface area contributed by atoms with Crippen molar-refractivity contribution in [1.29, 1.82) is 0 Å². The van der Waals surface area contributed by atoms with Gasteiger partial charge in [0.05, 0.1) is 22.8 Å². The fourth-order valence-electron chi connectivity index (χ4n) is 6.69. The van der Waals surface area contributed by atoms with E-state index in [4.69, 9.17) is 19.9 Å². The third kappa shape index (κ3) is 5.90. The van der Waals surface area contributed by atoms with Gasteiger partial charge in [-0.1, -0.05) is 146 Å². The Balaban J connectivity index is 0.00000196. The standard InChI is InChI=1S/C44H28N4.Mg.H2O/c1-5-13-29(14-6-1)41-33-21-23-35(45-33)42(30-15-7-2-8-16-30)37-25-27-39(47-37)44(32-19-11-4-12-20-32)40-28-26-38(48-40)43(31-17-9-3-10-18-31)36-24-22-34(41)46-36;;/h1-28H;;1H2/q-2;+2;. The molecule has 0 saturated heterocycles. The molecule has 2 aliphatic rings. The average molecular weight is 655 g/mol. The molecule has 3 aromatic heterocycles. The van der Waals surface area contributed by atoms with Crippen LogP contribution in [0.15, 0.2) is 146 Å². The molecule has 2 N–H and O–H groups in total. The second-order valence-corrected chi connectivity index (χ2v) is 11.8. The summed E-state index contributed by atoms with van der Waals surface area (Å²) in [4.78, 5) is 21.2. The molecule has 0 radical (unpaired) electrons. The van der Waals surface area contributed by atoms with Crippen molar-refractivity contribution in [2.75, 3.05) is 0 Å². The molecule has 0 unspecified atom stereocenters. The Morgan fingerprint density at radius 2 is 0.520 bits per heavy atom. The minimum absolute atomic E-state index is 0. The topological polar surface area (TPSA) is 85.5 Å². The van der Waals surface area contributed by atoms with E-state index in [2.05, 4.69) is 146 Å². The molecule has 8 bridgehead atoms. The number of fused-ring (bicyclic) bond motifs is 8. The molecule has 5 heterocycles. The molecule has 2 aliphatic heterocycles. The van der Waals surface area contributed by atoms with E-state index < -0.39 is 0 Å². The Bertz CT molecular complexity index is 2190. The van der Waals surface area contributed by atoms with Crippen molar-refractivity contribution in [3.8, 4) is 44.5 Å². The van der Waals surface area contributed by atoms with E-state index in [1.807, 2.05) is 24.3 Å². The van der Waals surface area contributed by atoms with Crippen LogP contribution in [0, 0.1) is 0 Å². The molecule has 50 heavy (non-hydrogen) atoms. The maximum atomic E-state index is 5.31. The third-order valence-electron chi connectivity index (χ3n) is 8.86. The summed E-state index contributed by atoms with van der Waals surface area (Å²) < 4.78 is 0. The predicted molar refractivity (Wildman–Crippen MR) is 208 cm³/mol. The fraction of sp³-hybridized carbons (Fsp3) is 0. The summed E-state index contributed by atoms with van der Waals surface area (Å²) in [5.41, 5.74) is 15.0. The van der Waals surface area contributed by atoms with Gasteiger partial charge < -0.3 is 15.4 Å². The Morgan fingerprint density at radius 3 is 0.740 bits per heavy atom. The number of benzene rings is 4. The SMILES string of the molecule is C1=Cc2nc1c(-c1ccccc1)c1ccc([n-]1)c(-c1ccccc1)c1nc(c(-c3ccccc3)c3ccc([n-]3)c2-c2ccccc2)C=C1.O.[Mg+2]. The number of aromatic nitrogens is 4. The van der Waals surface area contributed by atoms with Crippen LogP contribution in [0.25, 0.3) is 90.9 Å². The van der Waals surface area contributed by atoms with E-state index >= 15 is 0 Å². The quantitative estimate of drug-likeness (QED) is 0.177. The minimum atomic E-state index is 0. The molecule has 0 fully saturated rings. The zero-order valence-electron chi connectivity index (χ0n) is 27.2. The smallest absolute Gasteiger partial charge is 0.657 e. The van der Waals surface area contributed by atoms with Crippen molar-refractivity contribution in [2.24, 2.45) is 0 Å². The average Bonchev–Trinajstić information content (AvgIpc) is 3.98. The van der Waals surface area contributed by atoms with Crippen LogP contribution >= 0.6 is 0 Å². The maximum absolute atomic E-state index is 5.31. The minimum Gasteiger partial charge on any atom is -0.657 e. The molecule has 4 aromatic carbocycles. The normalized spacial score (nSPS) is 11.5. The zero-order valence-corrected chi connectivity index (χ0v) is 28.6. The third-order valence-corrected chi connectivity index (χ3v) is 8.86. The molecule has 9 rings (SSSR count). The number of rotatable bonds is 4. The molecule has 6 heteroatoms. The monoisotopic (exact) mass is 654 g/mol. The summed E-state index contributed by atoms with van der Waals surface area (Å²) >= 11 is 0. The van der Waals surface area contributed by atoms with Gasteiger partial charge in [0.25, 0.3) is 0 Å². The van der Waals surface area contributed by atoms with Crippen LogP contribution in [0.2, 0.25) is 0 Å². The van der Waals surface area contributed by atoms with Crippen molar-refractivity contribution in [3.63, 3.8) is 0 Å². The Kier molecular flexibility index (Phi) is 9.15. The van der Waals surface area contributed by atoms with E-state index in [0.29, 0.717) is 0 Å². The van der Waals surface area contributed by atoms with Gasteiger partial charge in [-0.2, -0.15) is 0 Å². The summed E-state index contributed by atoms with van der Waals surface area (Å²) in [7, 11) is 0. The number of hydrogen-bond acceptors (Lipinski definition) is 2. The van der Waals surface area contributed by atoms with Crippen molar-refractivity contribution < 1.29 is 5.48 Å². The molecule has 0 spiro atoms. The van der Waals surface area contributed by atoms with Gasteiger partial charge >= 0.3 is 23.1 Å². The molecular formula is C44H30MgN4O. The largest absolute Gasteiger partial charge is 2.00 e. The second kappa shape index (κ2) is 14.0. The second-order valence-electron chi connectivity index (χ2n) is 11.8. The summed E-state index contributed by atoms with van der Waals surface area (Å²) in [6.07, 6.45) is 8.41. The first-order valence-electron chi connectivity index (χ1n) is 16.1. The van der Waals surface area contributed by atoms with Gasteiger partial charge in [0, 0.05) is 0 Å². The zero-order chi connectivity index (χ0) is 31.9. The van der Waals surface area contributed by atoms with Gasteiger partial charge in [0.15, 0.2) is 0 Å². The van der Waals surface area contributed by atoms with E-state index in [9.17, 15) is 0 Å². The Labute approximate surface area is 306 Å². The van der Waals surface area contributed by atoms with Crippen LogP contribution in [0.1, 0.15) is 22.8 Å². The van der Waals surface area contributed by atoms with Gasteiger partial charge in [0.1, 0.15) is 0 Å². The number of hydrogen-bond donors (Lipinski definition) is 0. The summed E-state index contributed by atoms with van der Waals surface area (Å²) in [6, 6.07) is 50.0. The molecule has 0 amide bonds. The molecule has 234 valence electrons. The molecular weight excluding hydrogens is 625 g/mol. The van der Waals surface area contributed by atoms with Crippen molar-refractivity contribution in [3.05, 3.63) is 168 Å². The van der Waals surface area contributed by atoms with Gasteiger partial charge in [-0.25, -0.2) is 9.97 Å². The molecule has 0 aliphatic carbocycles. The van der Waals surface area contributed by atoms with E-state index in [1.165, 1.54) is 0 Å². The van der Waals surface area contributed by atoms with Crippen LogP contribution in [0.3, 0.4) is 0 Å². The molecule has 0 atom stereocenters. The number of nitrogens with zero attached hydrogens (tertiary/aromatic N) is 4. The van der Waals surface area contributed by atoms with Crippen molar-refractivity contribution in [1.82, 2.24) is 19.9 Å². The van der Waals surface area contributed by atoms with Crippen LogP contribution < -0.4 is 9.97 Å². The Morgan fingerprint density at radius 1 is 0.300 bits per heavy atom. The van der Waals surface area contributed by atoms with Crippen molar-refractivity contribution in [2.45, 2.75) is 0 Å². The van der Waals surface area contributed by atoms with E-state index in [1.54, 1.807) is 0 Å². The summed E-state index contributed by atoms with van der Waals surface area (Å²) in [5.74, 6) is 0. The van der Waals surface area contributed by atoms with E-state index in [0.717, 1.165) is 89.4 Å². The molecule has 5 nitrogen and oxygen atoms in total. The van der Waals surface area contributed by atoms with Gasteiger partial charge in [-0.15, -0.1) is 22.1 Å². The van der Waals surface area contributed by atoms with Gasteiger partial charge in [-0.05, 0) is 68.8 Å². The first-order chi connectivity index (χ1) is 23.8. The summed E-state index contributed by atoms with van der Waals surface area (Å²) in [6.45, 7) is 0. The molecule has 0 saturated carbocycles. The van der Waals surface area contributed by atoms with E-state index in [-0.39, 0.29) is 28.5 Å². The predicted octanol–water partition coefficient (Wildman–Crippen LogP) is 9.38. The molecule has 7 aromatic rings. The maximum Gasteiger partial charge on any atom is 2.00 e. The van der Waals surface area contributed by atoms with Crippen LogP contribution in [-0.2, 0) is 0 Å². The van der Waals surface area contributed by atoms with Crippen molar-refractivity contribution >= 4 is 69.4 Å². The first kappa shape index (κ1) is 32.7. The van der Waals surface area contributed by atoms with Crippen LogP contribution in [0.4, 0.5) is 0 Å². The van der Waals surface area contributed by atoms with Crippen LogP contribution in [0.5, 0.6) is 0 Å². The fourth-order valence-corrected chi connectivity index (χ4v) is 6.69. The summed E-state index contributed by atoms with van der Waals surface area (Å²) in [5, 5.41) is 0. The first-order valence-corrected chi connectivity index (χ1v) is 16.1. The van der Waals surface area contributed by atoms with Gasteiger partial charge in [0.2, 0.25) is 0 Å². The Hall–Kier alpha value is -5.79.